The largest absolute Gasteiger partial charge is 0.447 e. The van der Waals surface area contributed by atoms with Crippen LogP contribution >= 0.6 is 0 Å². The molecule has 28 heavy (non-hydrogen) atoms. The lowest BCUT2D eigenvalue weighted by Crippen LogP contribution is -2.34. The molecule has 8 heteroatoms. The number of nitro groups is 1. The van der Waals surface area contributed by atoms with Gasteiger partial charge in [0.2, 0.25) is 12.6 Å². The minimum absolute atomic E-state index is 0.110. The lowest BCUT2D eigenvalue weighted by atomic mass is 9.88. The first-order chi connectivity index (χ1) is 13.3. The van der Waals surface area contributed by atoms with E-state index in [0.29, 0.717) is 5.56 Å². The molecule has 0 radical (unpaired) electrons. The Morgan fingerprint density at radius 2 is 1.96 bits per heavy atom. The molecular weight excluding hydrogens is 364 g/mol. The molecule has 0 aliphatic heterocycles. The van der Waals surface area contributed by atoms with E-state index in [0.717, 1.165) is 12.8 Å². The molecule has 3 rings (SSSR count). The van der Waals surface area contributed by atoms with Gasteiger partial charge in [0.1, 0.15) is 5.78 Å². The van der Waals surface area contributed by atoms with E-state index in [4.69, 9.17) is 4.74 Å². The number of carbonyl (C=O) groups excluding carboxylic acids is 3. The maximum atomic E-state index is 12.5. The van der Waals surface area contributed by atoms with Crippen molar-refractivity contribution in [2.45, 2.75) is 44.8 Å². The SMILES string of the molecule is C[C@H]1CC(=O)[C@@H](CC(=O)O[C@H](C(=O)NC2CC2)c2ccccc2)[C@@H]1C[N+](=O)[O-]. The van der Waals surface area contributed by atoms with E-state index >= 15 is 0 Å². The molecular formula is C20H24N2O6. The summed E-state index contributed by atoms with van der Waals surface area (Å²) < 4.78 is 5.45. The summed E-state index contributed by atoms with van der Waals surface area (Å²) in [7, 11) is 0. The molecule has 1 N–H and O–H groups in total. The van der Waals surface area contributed by atoms with Gasteiger partial charge in [0.05, 0.1) is 6.42 Å². The van der Waals surface area contributed by atoms with Crippen molar-refractivity contribution in [2.24, 2.45) is 17.8 Å². The second-order valence-electron chi connectivity index (χ2n) is 7.70. The molecule has 1 aromatic rings. The van der Waals surface area contributed by atoms with Gasteiger partial charge in [0.25, 0.3) is 5.91 Å². The number of nitrogens with one attached hydrogen (secondary N) is 1. The third kappa shape index (κ3) is 4.94. The standard InChI is InChI=1S/C20H24N2O6/c1-12-9-17(23)15(16(12)11-22(26)27)10-18(24)28-19(13-5-3-2-4-6-13)20(25)21-14-7-8-14/h2-6,12,14-16,19H,7-11H2,1H3,(H,21,25)/t12-,15-,16+,19-/m0/s1. The highest BCUT2D eigenvalue weighted by molar-refractivity contribution is 5.89. The van der Waals surface area contributed by atoms with Gasteiger partial charge in [-0.3, -0.25) is 24.5 Å². The van der Waals surface area contributed by atoms with Crippen LogP contribution in [0.1, 0.15) is 44.3 Å². The number of hydrogen-bond acceptors (Lipinski definition) is 6. The van der Waals surface area contributed by atoms with E-state index in [1.807, 2.05) is 0 Å². The summed E-state index contributed by atoms with van der Waals surface area (Å²) in [5.74, 6) is -2.63. The summed E-state index contributed by atoms with van der Waals surface area (Å²) in [6.45, 7) is 1.43. The number of ketones is 1. The minimum Gasteiger partial charge on any atom is -0.447 e. The number of ether oxygens (including phenoxy) is 1. The molecule has 1 amide bonds. The van der Waals surface area contributed by atoms with Gasteiger partial charge in [-0.15, -0.1) is 0 Å². The summed E-state index contributed by atoms with van der Waals surface area (Å²) in [6.07, 6.45) is 0.677. The highest BCUT2D eigenvalue weighted by Gasteiger charge is 2.44. The predicted molar refractivity (Wildman–Crippen MR) is 98.7 cm³/mol. The molecule has 0 saturated heterocycles. The van der Waals surface area contributed by atoms with Crippen LogP contribution in [0.25, 0.3) is 0 Å². The smallest absolute Gasteiger partial charge is 0.307 e. The zero-order chi connectivity index (χ0) is 20.3. The summed E-state index contributed by atoms with van der Waals surface area (Å²) in [5.41, 5.74) is 0.543. The van der Waals surface area contributed by atoms with Crippen molar-refractivity contribution in [3.63, 3.8) is 0 Å². The number of amides is 1. The fourth-order valence-corrected chi connectivity index (χ4v) is 3.76. The van der Waals surface area contributed by atoms with Crippen LogP contribution in [0.2, 0.25) is 0 Å². The van der Waals surface area contributed by atoms with Crippen LogP contribution in [0, 0.1) is 27.9 Å². The minimum atomic E-state index is -1.10. The number of hydrogen-bond donors (Lipinski definition) is 1. The van der Waals surface area contributed by atoms with Gasteiger partial charge in [-0.2, -0.15) is 0 Å². The number of carbonyl (C=O) groups is 3. The van der Waals surface area contributed by atoms with Crippen molar-refractivity contribution < 1.29 is 24.0 Å². The molecule has 0 unspecified atom stereocenters. The van der Waals surface area contributed by atoms with Crippen molar-refractivity contribution in [3.05, 3.63) is 46.0 Å². The number of rotatable bonds is 8. The van der Waals surface area contributed by atoms with Crippen LogP contribution in [0.4, 0.5) is 0 Å². The van der Waals surface area contributed by atoms with Gasteiger partial charge < -0.3 is 10.1 Å². The molecule has 1 aromatic carbocycles. The third-order valence-electron chi connectivity index (χ3n) is 5.44. The first kappa shape index (κ1) is 20.0. The van der Waals surface area contributed by atoms with Crippen molar-refractivity contribution in [3.8, 4) is 0 Å². The molecule has 150 valence electrons. The zero-order valence-corrected chi connectivity index (χ0v) is 15.7. The van der Waals surface area contributed by atoms with Gasteiger partial charge >= 0.3 is 5.97 Å². The zero-order valence-electron chi connectivity index (χ0n) is 15.7. The van der Waals surface area contributed by atoms with Crippen LogP contribution < -0.4 is 5.32 Å². The van der Waals surface area contributed by atoms with Crippen LogP contribution in [0.15, 0.2) is 30.3 Å². The average molecular weight is 388 g/mol. The molecule has 0 bridgehead atoms. The normalized spacial score (nSPS) is 25.2. The number of Topliss-reactive ketones (excluding diaryl/α,β-unsaturated/α-hetero) is 1. The highest BCUT2D eigenvalue weighted by Crippen LogP contribution is 2.37. The monoisotopic (exact) mass is 388 g/mol. The average Bonchev–Trinajstić information content (AvgIpc) is 3.42. The first-order valence-electron chi connectivity index (χ1n) is 9.54. The maximum Gasteiger partial charge on any atom is 0.307 e. The van der Waals surface area contributed by atoms with E-state index in [9.17, 15) is 24.5 Å². The molecule has 0 aromatic heterocycles. The lowest BCUT2D eigenvalue weighted by molar-refractivity contribution is -0.490. The Morgan fingerprint density at radius 1 is 1.29 bits per heavy atom. The molecule has 2 aliphatic rings. The highest BCUT2D eigenvalue weighted by atomic mass is 16.6. The van der Waals surface area contributed by atoms with E-state index in [1.54, 1.807) is 37.3 Å². The van der Waals surface area contributed by atoms with Crippen molar-refractivity contribution in [1.29, 1.82) is 0 Å². The van der Waals surface area contributed by atoms with Crippen LogP contribution in [-0.2, 0) is 19.1 Å². The van der Waals surface area contributed by atoms with Crippen molar-refractivity contribution >= 4 is 17.7 Å². The Hall–Kier alpha value is -2.77. The second-order valence-corrected chi connectivity index (χ2v) is 7.70. The molecule has 0 heterocycles. The quantitative estimate of drug-likeness (QED) is 0.414. The van der Waals surface area contributed by atoms with E-state index < -0.39 is 34.7 Å². The fourth-order valence-electron chi connectivity index (χ4n) is 3.76. The van der Waals surface area contributed by atoms with E-state index in [1.165, 1.54) is 0 Å². The second kappa shape index (κ2) is 8.50. The summed E-state index contributed by atoms with van der Waals surface area (Å²) in [5, 5.41) is 13.8. The fraction of sp³-hybridized carbons (Fsp3) is 0.550. The Kier molecular flexibility index (Phi) is 6.06. The number of nitrogens with zero attached hydrogens (tertiary/aromatic N) is 1. The van der Waals surface area contributed by atoms with Crippen LogP contribution in [-0.4, -0.2) is 35.2 Å². The number of esters is 1. The van der Waals surface area contributed by atoms with E-state index in [-0.39, 0.29) is 37.1 Å². The molecule has 8 nitrogen and oxygen atoms in total. The third-order valence-corrected chi connectivity index (χ3v) is 5.44. The predicted octanol–water partition coefficient (Wildman–Crippen LogP) is 2.06. The van der Waals surface area contributed by atoms with Crippen molar-refractivity contribution in [1.82, 2.24) is 5.32 Å². The Labute approximate surface area is 162 Å². The van der Waals surface area contributed by atoms with Gasteiger partial charge in [0, 0.05) is 34.8 Å². The summed E-state index contributed by atoms with van der Waals surface area (Å²) in [4.78, 5) is 47.8. The maximum absolute atomic E-state index is 12.5. The van der Waals surface area contributed by atoms with Crippen LogP contribution in [0.5, 0.6) is 0 Å². The van der Waals surface area contributed by atoms with E-state index in [2.05, 4.69) is 5.32 Å². The molecule has 2 aliphatic carbocycles. The molecule has 4 atom stereocenters. The first-order valence-corrected chi connectivity index (χ1v) is 9.54. The molecule has 0 spiro atoms. The van der Waals surface area contributed by atoms with Gasteiger partial charge in [-0.05, 0) is 18.8 Å². The van der Waals surface area contributed by atoms with Gasteiger partial charge in [0.15, 0.2) is 0 Å². The topological polar surface area (TPSA) is 116 Å². The lowest BCUT2D eigenvalue weighted by Gasteiger charge is -2.21. The number of benzene rings is 1. The molecule has 2 saturated carbocycles. The molecule has 2 fully saturated rings. The van der Waals surface area contributed by atoms with Crippen LogP contribution in [0.3, 0.4) is 0 Å². The Morgan fingerprint density at radius 3 is 2.57 bits per heavy atom. The van der Waals surface area contributed by atoms with Gasteiger partial charge in [-0.25, -0.2) is 0 Å². The Balaban J connectivity index is 1.69. The summed E-state index contributed by atoms with van der Waals surface area (Å²) >= 11 is 0. The van der Waals surface area contributed by atoms with Gasteiger partial charge in [-0.1, -0.05) is 37.3 Å². The summed E-state index contributed by atoms with van der Waals surface area (Å²) in [6, 6.07) is 8.79. The van der Waals surface area contributed by atoms with Crippen molar-refractivity contribution in [2.75, 3.05) is 6.54 Å². The Bertz CT molecular complexity index is 761.